The monoisotopic (exact) mass is 306 g/mol. The fourth-order valence-electron chi connectivity index (χ4n) is 2.95. The maximum absolute atomic E-state index is 12.8. The first-order valence-corrected chi connectivity index (χ1v) is 8.79. The molecule has 1 unspecified atom stereocenters. The normalized spacial score (nSPS) is 30.1. The standard InChI is InChI=1S/C13H26N2O4S/c1-13(2)11-15(9-12(10-16)19-13)20(17,18)14-7-5-3-4-6-8-14/h12,16H,3-11H2,1-2H3. The Labute approximate surface area is 121 Å². The molecule has 0 aromatic rings. The van der Waals surface area contributed by atoms with Crippen molar-refractivity contribution in [3.05, 3.63) is 0 Å². The molecule has 20 heavy (non-hydrogen) atoms. The molecule has 1 N–H and O–H groups in total. The van der Waals surface area contributed by atoms with Gasteiger partial charge in [-0.15, -0.1) is 0 Å². The lowest BCUT2D eigenvalue weighted by Crippen LogP contribution is -2.58. The zero-order valence-electron chi connectivity index (χ0n) is 12.4. The number of rotatable bonds is 3. The number of ether oxygens (including phenoxy) is 1. The summed E-state index contributed by atoms with van der Waals surface area (Å²) in [5, 5.41) is 9.30. The van der Waals surface area contributed by atoms with E-state index in [0.717, 1.165) is 25.7 Å². The van der Waals surface area contributed by atoms with Gasteiger partial charge in [-0.3, -0.25) is 0 Å². The minimum atomic E-state index is -3.45. The maximum atomic E-state index is 12.8. The Balaban J connectivity index is 2.14. The van der Waals surface area contributed by atoms with Crippen LogP contribution in [-0.4, -0.2) is 66.6 Å². The summed E-state index contributed by atoms with van der Waals surface area (Å²) in [4.78, 5) is 0. The molecule has 0 aromatic carbocycles. The molecule has 2 aliphatic heterocycles. The molecule has 0 radical (unpaired) electrons. The highest BCUT2D eigenvalue weighted by Crippen LogP contribution is 2.25. The molecule has 6 nitrogen and oxygen atoms in total. The number of aliphatic hydroxyl groups excluding tert-OH is 1. The maximum Gasteiger partial charge on any atom is 0.282 e. The fourth-order valence-corrected chi connectivity index (χ4v) is 4.82. The molecule has 2 aliphatic rings. The summed E-state index contributed by atoms with van der Waals surface area (Å²) in [6.45, 7) is 5.34. The van der Waals surface area contributed by atoms with Gasteiger partial charge in [0, 0.05) is 26.2 Å². The van der Waals surface area contributed by atoms with Crippen LogP contribution in [-0.2, 0) is 14.9 Å². The quantitative estimate of drug-likeness (QED) is 0.828. The number of nitrogens with zero attached hydrogens (tertiary/aromatic N) is 2. The summed E-state index contributed by atoms with van der Waals surface area (Å²) in [5.41, 5.74) is -0.565. The molecular formula is C13H26N2O4S. The minimum Gasteiger partial charge on any atom is -0.394 e. The number of morpholine rings is 1. The largest absolute Gasteiger partial charge is 0.394 e. The molecule has 0 aromatic heterocycles. The van der Waals surface area contributed by atoms with Crippen molar-refractivity contribution in [2.45, 2.75) is 51.2 Å². The van der Waals surface area contributed by atoms with Crippen LogP contribution in [0.15, 0.2) is 0 Å². The van der Waals surface area contributed by atoms with Crippen LogP contribution < -0.4 is 0 Å². The van der Waals surface area contributed by atoms with Gasteiger partial charge in [-0.1, -0.05) is 12.8 Å². The topological polar surface area (TPSA) is 70.1 Å². The number of aliphatic hydroxyl groups is 1. The van der Waals surface area contributed by atoms with E-state index in [4.69, 9.17) is 4.74 Å². The summed E-state index contributed by atoms with van der Waals surface area (Å²) in [5.74, 6) is 0. The van der Waals surface area contributed by atoms with Gasteiger partial charge in [0.25, 0.3) is 10.2 Å². The van der Waals surface area contributed by atoms with Crippen LogP contribution in [0.3, 0.4) is 0 Å². The number of hydrogen-bond donors (Lipinski definition) is 1. The van der Waals surface area contributed by atoms with Crippen LogP contribution in [0.1, 0.15) is 39.5 Å². The van der Waals surface area contributed by atoms with Crippen molar-refractivity contribution in [1.82, 2.24) is 8.61 Å². The van der Waals surface area contributed by atoms with E-state index in [1.54, 1.807) is 4.31 Å². The number of hydrogen-bond acceptors (Lipinski definition) is 4. The smallest absolute Gasteiger partial charge is 0.282 e. The van der Waals surface area contributed by atoms with Crippen LogP contribution in [0.4, 0.5) is 0 Å². The van der Waals surface area contributed by atoms with Crippen LogP contribution in [0.25, 0.3) is 0 Å². The predicted octanol–water partition coefficient (Wildman–Crippen LogP) is 0.579. The third-order valence-electron chi connectivity index (χ3n) is 3.87. The average Bonchev–Trinajstić information content (AvgIpc) is 2.66. The first-order valence-electron chi connectivity index (χ1n) is 7.39. The highest BCUT2D eigenvalue weighted by molar-refractivity contribution is 7.86. The third kappa shape index (κ3) is 3.71. The fraction of sp³-hybridized carbons (Fsp3) is 1.00. The lowest BCUT2D eigenvalue weighted by Gasteiger charge is -2.42. The molecule has 7 heteroatoms. The van der Waals surface area contributed by atoms with Crippen molar-refractivity contribution < 1.29 is 18.3 Å². The van der Waals surface area contributed by atoms with Crippen molar-refractivity contribution >= 4 is 10.2 Å². The second kappa shape index (κ2) is 6.27. The van der Waals surface area contributed by atoms with Gasteiger partial charge in [0.05, 0.1) is 18.3 Å². The SMILES string of the molecule is CC1(C)CN(S(=O)(=O)N2CCCCCC2)CC(CO)O1. The predicted molar refractivity (Wildman–Crippen MR) is 76.6 cm³/mol. The zero-order chi connectivity index (χ0) is 14.8. The summed E-state index contributed by atoms with van der Waals surface area (Å²) in [7, 11) is -3.45. The van der Waals surface area contributed by atoms with E-state index >= 15 is 0 Å². The van der Waals surface area contributed by atoms with Gasteiger partial charge in [0.2, 0.25) is 0 Å². The molecule has 2 heterocycles. The molecule has 0 spiro atoms. The van der Waals surface area contributed by atoms with Crippen LogP contribution in [0.2, 0.25) is 0 Å². The van der Waals surface area contributed by atoms with Gasteiger partial charge in [0.1, 0.15) is 0 Å². The summed E-state index contributed by atoms with van der Waals surface area (Å²) in [6, 6.07) is 0. The first-order chi connectivity index (χ1) is 9.35. The highest BCUT2D eigenvalue weighted by atomic mass is 32.2. The Hall–Kier alpha value is -0.210. The summed E-state index contributed by atoms with van der Waals surface area (Å²) < 4.78 is 34.3. The second-order valence-corrected chi connectivity index (χ2v) is 8.22. The van der Waals surface area contributed by atoms with Crippen LogP contribution in [0, 0.1) is 0 Å². The average molecular weight is 306 g/mol. The van der Waals surface area contributed by atoms with Gasteiger partial charge < -0.3 is 9.84 Å². The van der Waals surface area contributed by atoms with E-state index in [9.17, 15) is 13.5 Å². The van der Waals surface area contributed by atoms with Crippen LogP contribution in [0.5, 0.6) is 0 Å². The van der Waals surface area contributed by atoms with Crippen LogP contribution >= 0.6 is 0 Å². The molecule has 1 atom stereocenters. The molecule has 0 bridgehead atoms. The third-order valence-corrected chi connectivity index (χ3v) is 5.82. The lowest BCUT2D eigenvalue weighted by molar-refractivity contribution is -0.132. The molecular weight excluding hydrogens is 280 g/mol. The van der Waals surface area contributed by atoms with Crippen molar-refractivity contribution in [2.75, 3.05) is 32.8 Å². The van der Waals surface area contributed by atoms with Gasteiger partial charge >= 0.3 is 0 Å². The van der Waals surface area contributed by atoms with Crippen molar-refractivity contribution in [3.63, 3.8) is 0 Å². The molecule has 118 valence electrons. The van der Waals surface area contributed by atoms with E-state index in [1.807, 2.05) is 13.8 Å². The highest BCUT2D eigenvalue weighted by Gasteiger charge is 2.40. The Bertz CT molecular complexity index is 416. The molecule has 2 rings (SSSR count). The molecule has 0 saturated carbocycles. The molecule has 0 aliphatic carbocycles. The van der Waals surface area contributed by atoms with E-state index in [2.05, 4.69) is 0 Å². The Morgan fingerprint density at radius 2 is 1.75 bits per heavy atom. The summed E-state index contributed by atoms with van der Waals surface area (Å²) >= 11 is 0. The van der Waals surface area contributed by atoms with E-state index in [1.165, 1.54) is 4.31 Å². The first kappa shape index (κ1) is 16.2. The summed E-state index contributed by atoms with van der Waals surface area (Å²) in [6.07, 6.45) is 3.60. The molecule has 2 saturated heterocycles. The zero-order valence-corrected chi connectivity index (χ0v) is 13.2. The molecule has 2 fully saturated rings. The van der Waals surface area contributed by atoms with Gasteiger partial charge in [-0.2, -0.15) is 17.0 Å². The second-order valence-electron chi connectivity index (χ2n) is 6.30. The van der Waals surface area contributed by atoms with E-state index in [-0.39, 0.29) is 13.2 Å². The van der Waals surface area contributed by atoms with Crippen molar-refractivity contribution in [2.24, 2.45) is 0 Å². The Morgan fingerprint density at radius 3 is 2.30 bits per heavy atom. The molecule has 0 amide bonds. The van der Waals surface area contributed by atoms with Gasteiger partial charge in [-0.05, 0) is 26.7 Å². The van der Waals surface area contributed by atoms with E-state index in [0.29, 0.717) is 19.6 Å². The van der Waals surface area contributed by atoms with Crippen molar-refractivity contribution in [3.8, 4) is 0 Å². The minimum absolute atomic E-state index is 0.157. The van der Waals surface area contributed by atoms with Crippen molar-refractivity contribution in [1.29, 1.82) is 0 Å². The Morgan fingerprint density at radius 1 is 1.15 bits per heavy atom. The Kier molecular flexibility index (Phi) is 5.07. The van der Waals surface area contributed by atoms with E-state index < -0.39 is 21.9 Å². The van der Waals surface area contributed by atoms with Gasteiger partial charge in [0.15, 0.2) is 0 Å². The lowest BCUT2D eigenvalue weighted by atomic mass is 10.1. The van der Waals surface area contributed by atoms with Gasteiger partial charge in [-0.25, -0.2) is 0 Å².